The Bertz CT molecular complexity index is 412. The van der Waals surface area contributed by atoms with E-state index in [-0.39, 0.29) is 12.3 Å². The van der Waals surface area contributed by atoms with Gasteiger partial charge in [0.15, 0.2) is 0 Å². The number of benzene rings is 1. The summed E-state index contributed by atoms with van der Waals surface area (Å²) in [7, 11) is 3.35. The van der Waals surface area contributed by atoms with Crippen LogP contribution in [0.5, 0.6) is 0 Å². The predicted octanol–water partition coefficient (Wildman–Crippen LogP) is 0.343. The van der Waals surface area contributed by atoms with Crippen LogP contribution in [0.1, 0.15) is 15.9 Å². The summed E-state index contributed by atoms with van der Waals surface area (Å²) < 4.78 is 0. The van der Waals surface area contributed by atoms with Gasteiger partial charge in [-0.25, -0.2) is 0 Å². The molecular formula is C12H16N2O3. The number of nitrogens with two attached hydrogens (primary N) is 1. The zero-order chi connectivity index (χ0) is 13.0. The first-order valence-corrected chi connectivity index (χ1v) is 5.21. The van der Waals surface area contributed by atoms with Gasteiger partial charge in [0.25, 0.3) is 5.91 Å². The van der Waals surface area contributed by atoms with Crippen molar-refractivity contribution < 1.29 is 14.7 Å². The molecule has 1 aromatic carbocycles. The lowest BCUT2D eigenvalue weighted by Gasteiger charge is -2.11. The van der Waals surface area contributed by atoms with Crippen molar-refractivity contribution in [2.45, 2.75) is 12.5 Å². The molecule has 0 aliphatic rings. The fourth-order valence-corrected chi connectivity index (χ4v) is 1.38. The molecule has 17 heavy (non-hydrogen) atoms. The first kappa shape index (κ1) is 13.2. The van der Waals surface area contributed by atoms with E-state index >= 15 is 0 Å². The average Bonchev–Trinajstić information content (AvgIpc) is 2.28. The zero-order valence-electron chi connectivity index (χ0n) is 9.88. The largest absolute Gasteiger partial charge is 0.480 e. The zero-order valence-corrected chi connectivity index (χ0v) is 9.88. The van der Waals surface area contributed by atoms with Gasteiger partial charge in [0.05, 0.1) is 0 Å². The lowest BCUT2D eigenvalue weighted by atomic mass is 10.0. The molecule has 0 saturated carbocycles. The highest BCUT2D eigenvalue weighted by Gasteiger charge is 2.13. The number of carbonyl (C=O) groups is 2. The minimum atomic E-state index is -1.03. The molecule has 0 unspecified atom stereocenters. The van der Waals surface area contributed by atoms with Crippen LogP contribution in [-0.2, 0) is 11.2 Å². The van der Waals surface area contributed by atoms with E-state index in [2.05, 4.69) is 0 Å². The predicted molar refractivity (Wildman–Crippen MR) is 63.8 cm³/mol. The number of carboxylic acids is 1. The number of hydrogen-bond acceptors (Lipinski definition) is 3. The Labute approximate surface area is 99.8 Å². The minimum absolute atomic E-state index is 0.0842. The number of carboxylic acid groups (broad SMARTS) is 1. The van der Waals surface area contributed by atoms with Crippen LogP contribution in [0.15, 0.2) is 24.3 Å². The Morgan fingerprint density at radius 2 is 1.82 bits per heavy atom. The molecule has 0 radical (unpaired) electrons. The van der Waals surface area contributed by atoms with Crippen LogP contribution < -0.4 is 5.73 Å². The summed E-state index contributed by atoms with van der Waals surface area (Å²) in [5, 5.41) is 8.67. The molecule has 1 aromatic rings. The average molecular weight is 236 g/mol. The normalized spacial score (nSPS) is 11.9. The van der Waals surface area contributed by atoms with Crippen LogP contribution in [0.2, 0.25) is 0 Å². The molecule has 0 spiro atoms. The second kappa shape index (κ2) is 5.45. The van der Waals surface area contributed by atoms with Crippen molar-refractivity contribution in [3.8, 4) is 0 Å². The van der Waals surface area contributed by atoms with E-state index in [1.54, 1.807) is 38.4 Å². The molecule has 0 aliphatic carbocycles. The molecule has 0 aromatic heterocycles. The van der Waals surface area contributed by atoms with Gasteiger partial charge in [0.2, 0.25) is 0 Å². The molecule has 0 aliphatic heterocycles. The summed E-state index contributed by atoms with van der Waals surface area (Å²) >= 11 is 0. The molecule has 0 heterocycles. The number of amides is 1. The van der Waals surface area contributed by atoms with Crippen molar-refractivity contribution in [3.05, 3.63) is 35.4 Å². The van der Waals surface area contributed by atoms with Crippen LogP contribution in [-0.4, -0.2) is 42.0 Å². The first-order chi connectivity index (χ1) is 7.91. The number of hydrogen-bond donors (Lipinski definition) is 2. The Balaban J connectivity index is 2.75. The maximum Gasteiger partial charge on any atom is 0.320 e. The lowest BCUT2D eigenvalue weighted by Crippen LogP contribution is -2.32. The van der Waals surface area contributed by atoms with Gasteiger partial charge in [-0.3, -0.25) is 9.59 Å². The summed E-state index contributed by atoms with van der Waals surface area (Å²) in [6.45, 7) is 0. The number of rotatable bonds is 4. The third-order valence-electron chi connectivity index (χ3n) is 2.38. The van der Waals surface area contributed by atoms with Gasteiger partial charge in [-0.1, -0.05) is 12.1 Å². The molecular weight excluding hydrogens is 220 g/mol. The van der Waals surface area contributed by atoms with Crippen molar-refractivity contribution in [1.82, 2.24) is 4.90 Å². The molecule has 0 fully saturated rings. The summed E-state index contributed by atoms with van der Waals surface area (Å²) in [5.74, 6) is -1.11. The molecule has 5 heteroatoms. The van der Waals surface area contributed by atoms with E-state index in [1.165, 1.54) is 4.90 Å². The van der Waals surface area contributed by atoms with E-state index < -0.39 is 12.0 Å². The van der Waals surface area contributed by atoms with Gasteiger partial charge in [0.1, 0.15) is 6.04 Å². The fraction of sp³-hybridized carbons (Fsp3) is 0.333. The Hall–Kier alpha value is -1.88. The van der Waals surface area contributed by atoms with E-state index in [0.717, 1.165) is 5.56 Å². The quantitative estimate of drug-likeness (QED) is 0.789. The second-order valence-corrected chi connectivity index (χ2v) is 4.05. The maximum absolute atomic E-state index is 11.6. The molecule has 0 saturated heterocycles. The van der Waals surface area contributed by atoms with Gasteiger partial charge in [-0.2, -0.15) is 0 Å². The molecule has 0 bridgehead atoms. The van der Waals surface area contributed by atoms with Crippen molar-refractivity contribution in [3.63, 3.8) is 0 Å². The van der Waals surface area contributed by atoms with Gasteiger partial charge >= 0.3 is 5.97 Å². The standard InChI is InChI=1S/C12H16N2O3/c1-14(2)11(15)9-5-3-8(4-6-9)7-10(13)12(16)17/h3-6,10H,7,13H2,1-2H3,(H,16,17)/t10-/m0/s1. The smallest absolute Gasteiger partial charge is 0.320 e. The Morgan fingerprint density at radius 3 is 2.24 bits per heavy atom. The van der Waals surface area contributed by atoms with Crippen LogP contribution in [0, 0.1) is 0 Å². The van der Waals surface area contributed by atoms with Crippen molar-refractivity contribution in [2.75, 3.05) is 14.1 Å². The van der Waals surface area contributed by atoms with E-state index in [0.29, 0.717) is 5.56 Å². The topological polar surface area (TPSA) is 83.6 Å². The van der Waals surface area contributed by atoms with Crippen LogP contribution >= 0.6 is 0 Å². The summed E-state index contributed by atoms with van der Waals surface area (Å²) in [5.41, 5.74) is 6.79. The molecule has 1 rings (SSSR count). The van der Waals surface area contributed by atoms with Gasteiger partial charge < -0.3 is 15.7 Å². The van der Waals surface area contributed by atoms with Gasteiger partial charge in [-0.05, 0) is 24.1 Å². The Morgan fingerprint density at radius 1 is 1.29 bits per heavy atom. The van der Waals surface area contributed by atoms with E-state index in [9.17, 15) is 9.59 Å². The third kappa shape index (κ3) is 3.57. The molecule has 5 nitrogen and oxygen atoms in total. The lowest BCUT2D eigenvalue weighted by molar-refractivity contribution is -0.138. The minimum Gasteiger partial charge on any atom is -0.480 e. The SMILES string of the molecule is CN(C)C(=O)c1ccc(C[C@H](N)C(=O)O)cc1. The van der Waals surface area contributed by atoms with Crippen molar-refractivity contribution in [2.24, 2.45) is 5.73 Å². The highest BCUT2D eigenvalue weighted by atomic mass is 16.4. The molecule has 1 atom stereocenters. The molecule has 3 N–H and O–H groups in total. The maximum atomic E-state index is 11.6. The van der Waals surface area contributed by atoms with Crippen LogP contribution in [0.4, 0.5) is 0 Å². The highest BCUT2D eigenvalue weighted by molar-refractivity contribution is 5.93. The second-order valence-electron chi connectivity index (χ2n) is 4.05. The summed E-state index contributed by atoms with van der Waals surface area (Å²) in [4.78, 5) is 23.7. The van der Waals surface area contributed by atoms with Crippen molar-refractivity contribution in [1.29, 1.82) is 0 Å². The summed E-state index contributed by atoms with van der Waals surface area (Å²) in [6, 6.07) is 5.88. The highest BCUT2D eigenvalue weighted by Crippen LogP contribution is 2.08. The number of carbonyl (C=O) groups excluding carboxylic acids is 1. The van der Waals surface area contributed by atoms with Gasteiger partial charge in [0, 0.05) is 19.7 Å². The van der Waals surface area contributed by atoms with Crippen molar-refractivity contribution >= 4 is 11.9 Å². The van der Waals surface area contributed by atoms with Crippen LogP contribution in [0.25, 0.3) is 0 Å². The molecule has 92 valence electrons. The number of nitrogens with zero attached hydrogens (tertiary/aromatic N) is 1. The number of aliphatic carboxylic acids is 1. The fourth-order valence-electron chi connectivity index (χ4n) is 1.38. The van der Waals surface area contributed by atoms with E-state index in [4.69, 9.17) is 10.8 Å². The first-order valence-electron chi connectivity index (χ1n) is 5.21. The summed E-state index contributed by atoms with van der Waals surface area (Å²) in [6.07, 6.45) is 0.256. The third-order valence-corrected chi connectivity index (χ3v) is 2.38. The van der Waals surface area contributed by atoms with E-state index in [1.807, 2.05) is 0 Å². The van der Waals surface area contributed by atoms with Crippen LogP contribution in [0.3, 0.4) is 0 Å². The molecule has 1 amide bonds. The monoisotopic (exact) mass is 236 g/mol. The Kier molecular flexibility index (Phi) is 4.23. The van der Waals surface area contributed by atoms with Gasteiger partial charge in [-0.15, -0.1) is 0 Å².